The Labute approximate surface area is 207 Å². The predicted molar refractivity (Wildman–Crippen MR) is 152 cm³/mol. The van der Waals surface area contributed by atoms with Gasteiger partial charge in [0, 0.05) is 71.6 Å². The van der Waals surface area contributed by atoms with Crippen LogP contribution in [0.4, 0.5) is 0 Å². The highest BCUT2D eigenvalue weighted by Gasteiger charge is 1.95. The Kier molecular flexibility index (Phi) is 13.4. The molecule has 0 bridgehead atoms. The fourth-order valence-electron chi connectivity index (χ4n) is 1.43. The molecule has 1 aromatic carbocycles. The van der Waals surface area contributed by atoms with Gasteiger partial charge in [0.1, 0.15) is 30.8 Å². The van der Waals surface area contributed by atoms with Gasteiger partial charge in [-0.05, 0) is 71.6 Å². The van der Waals surface area contributed by atoms with E-state index in [0.717, 1.165) is 0 Å². The molecule has 1 aromatic rings. The predicted octanol–water partition coefficient (Wildman–Crippen LogP) is 5.42. The molecular formula is C27H44O4. The molecule has 0 radical (unpaired) electrons. The molecule has 0 amide bonds. The van der Waals surface area contributed by atoms with Crippen molar-refractivity contribution in [3.8, 4) is 119 Å². The van der Waals surface area contributed by atoms with E-state index >= 15 is 0 Å². The quantitative estimate of drug-likeness (QED) is 0.342. The molecule has 1 rings (SSSR count). The van der Waals surface area contributed by atoms with Crippen LogP contribution >= 0.6 is 0 Å². The minimum atomic E-state index is 0. The summed E-state index contributed by atoms with van der Waals surface area (Å²) in [5.74, 6) is 40.2. The second kappa shape index (κ2) is 17.7. The molecule has 4 nitrogen and oxygen atoms in total. The number of ether oxygens (including phenoxy) is 3. The van der Waals surface area contributed by atoms with E-state index in [0.29, 0.717) is 24.6 Å². The zero-order chi connectivity index (χ0) is 22.2. The van der Waals surface area contributed by atoms with Crippen LogP contribution in [0.2, 0.25) is 0 Å². The lowest BCUT2D eigenvalue weighted by molar-refractivity contribution is -0.120. The topological polar surface area (TPSA) is 44.8 Å². The highest BCUT2D eigenvalue weighted by atomic mass is 16.5. The second-order valence-corrected chi connectivity index (χ2v) is 4.50. The molecule has 0 aliphatic carbocycles. The fraction of sp³-hybridized carbons (Fsp3) is 0.0741. The van der Waals surface area contributed by atoms with E-state index in [9.17, 15) is 4.79 Å². The van der Waals surface area contributed by atoms with Crippen molar-refractivity contribution in [3.63, 3.8) is 0 Å². The van der Waals surface area contributed by atoms with Gasteiger partial charge >= 0.3 is 0 Å². The van der Waals surface area contributed by atoms with Crippen LogP contribution in [0.5, 0.6) is 11.5 Å². The number of carbonyl (C=O) groups is 1. The maximum atomic E-state index is 10.2. The number of terminal acetylenes is 1. The van der Waals surface area contributed by atoms with E-state index in [1.807, 2.05) is 0 Å². The molecule has 0 aromatic heterocycles. The van der Waals surface area contributed by atoms with Gasteiger partial charge < -0.3 is 14.2 Å². The molecule has 0 unspecified atom stereocenters. The molecule has 4 heteroatoms. The van der Waals surface area contributed by atoms with Crippen molar-refractivity contribution in [3.05, 3.63) is 24.3 Å². The van der Waals surface area contributed by atoms with Crippen molar-refractivity contribution in [1.82, 2.24) is 0 Å². The third-order valence-electron chi connectivity index (χ3n) is 2.53. The van der Waals surface area contributed by atoms with E-state index in [-0.39, 0.29) is 30.9 Å². The van der Waals surface area contributed by atoms with E-state index in [1.54, 1.807) is 24.3 Å². The first-order valence-electron chi connectivity index (χ1n) is 8.27. The Morgan fingerprint density at radius 2 is 1.13 bits per heavy atom. The van der Waals surface area contributed by atoms with E-state index in [2.05, 4.69) is 106 Å². The average Bonchev–Trinajstić information content (AvgIpc) is 2.79. The third kappa shape index (κ3) is 14.1. The Hall–Kier alpha value is -5.67. The molecule has 0 saturated carbocycles. The number of hydrogen-bond acceptors (Lipinski definition) is 4. The summed E-state index contributed by atoms with van der Waals surface area (Å²) in [6, 6.07) is 6.57. The van der Waals surface area contributed by atoms with E-state index in [1.165, 1.54) is 0 Å². The zero-order valence-electron chi connectivity index (χ0n) is 16.0. The molecule has 0 spiro atoms. The minimum Gasteiger partial charge on any atom is -0.490 e. The van der Waals surface area contributed by atoms with Crippen molar-refractivity contribution in [2.75, 3.05) is 13.2 Å². The summed E-state index contributed by atoms with van der Waals surface area (Å²) < 4.78 is 15.1. The van der Waals surface area contributed by atoms with Crippen molar-refractivity contribution in [2.24, 2.45) is 0 Å². The Bertz CT molecular complexity index is 1360. The molecule has 0 fully saturated rings. The molecule has 31 heavy (non-hydrogen) atoms. The average molecular weight is 433 g/mol. The Morgan fingerprint density at radius 3 is 1.61 bits per heavy atom. The lowest BCUT2D eigenvalue weighted by Crippen LogP contribution is -2.04. The molecule has 0 N–H and O–H groups in total. The van der Waals surface area contributed by atoms with E-state index < -0.39 is 0 Å². The molecule has 0 aliphatic rings. The highest BCUT2D eigenvalue weighted by molar-refractivity contribution is 5.47. The normalized spacial score (nSPS) is 6.29. The van der Waals surface area contributed by atoms with Crippen LogP contribution in [0.25, 0.3) is 0 Å². The summed E-state index contributed by atoms with van der Waals surface area (Å²) in [4.78, 5) is 10.2. The number of benzene rings is 1. The highest BCUT2D eigenvalue weighted by Crippen LogP contribution is 2.16. The first-order chi connectivity index (χ1) is 15.4. The summed E-state index contributed by atoms with van der Waals surface area (Å²) in [6.07, 6.45) is 7.33. The van der Waals surface area contributed by atoms with E-state index in [4.69, 9.17) is 15.9 Å². The Balaban J connectivity index is -0.0000000377. The summed E-state index contributed by atoms with van der Waals surface area (Å²) in [5.41, 5.74) is 0. The van der Waals surface area contributed by atoms with Crippen LogP contribution < -0.4 is 9.47 Å². The molecule has 0 heterocycles. The van der Waals surface area contributed by atoms with Crippen LogP contribution in [0.1, 0.15) is 24.3 Å². The summed E-state index contributed by atoms with van der Waals surface area (Å²) in [7, 11) is 0. The van der Waals surface area contributed by atoms with Gasteiger partial charge in [-0.25, -0.2) is 0 Å². The Morgan fingerprint density at radius 1 is 0.677 bits per heavy atom. The molecular weight excluding hydrogens is 388 g/mol. The van der Waals surface area contributed by atoms with Crippen LogP contribution in [-0.2, 0) is 9.53 Å². The van der Waals surface area contributed by atoms with Crippen LogP contribution in [-0.4, -0.2) is 19.7 Å². The lowest BCUT2D eigenvalue weighted by Gasteiger charge is -2.05. The van der Waals surface area contributed by atoms with Gasteiger partial charge in [0.05, 0.1) is 0 Å². The van der Waals surface area contributed by atoms with Gasteiger partial charge in [-0.3, -0.25) is 4.79 Å². The maximum absolute atomic E-state index is 10.2. The second-order valence-electron chi connectivity index (χ2n) is 4.50. The summed E-state index contributed by atoms with van der Waals surface area (Å²) in [5, 5.41) is 0. The van der Waals surface area contributed by atoms with Gasteiger partial charge in [-0.15, -0.1) is 6.42 Å². The first-order valence-corrected chi connectivity index (χ1v) is 8.27. The largest absolute Gasteiger partial charge is 0.490 e. The van der Waals surface area contributed by atoms with Gasteiger partial charge in [-0.1, -0.05) is 0 Å². The summed E-state index contributed by atoms with van der Waals surface area (Å²) >= 11 is 0. The zero-order valence-corrected chi connectivity index (χ0v) is 16.0. The van der Waals surface area contributed by atoms with Crippen molar-refractivity contribution in [2.45, 2.75) is 0 Å². The van der Waals surface area contributed by atoms with Crippen molar-refractivity contribution in [1.29, 1.82) is 0 Å². The fourth-order valence-corrected chi connectivity index (χ4v) is 1.43. The SMILES string of the molecule is C#CC#CC#CC#CC#CC#CC#CC#CC#COCCOc1ccc(OC=O)cc1.[HH].[HH].[HH].[HH].[HH].[HH].[HH].[HH].[HH].[HH].[HH].[HH].[HH].[HH].[HH].[HH].[HH]. The van der Waals surface area contributed by atoms with Crippen molar-refractivity contribution >= 4 is 6.47 Å². The van der Waals surface area contributed by atoms with Crippen molar-refractivity contribution < 1.29 is 43.3 Å². The third-order valence-corrected chi connectivity index (χ3v) is 2.53. The molecule has 176 valence electrons. The molecule has 0 atom stereocenters. The number of rotatable bonds is 6. The van der Waals surface area contributed by atoms with Gasteiger partial charge in [0.25, 0.3) is 6.47 Å². The maximum Gasteiger partial charge on any atom is 0.298 e. The minimum absolute atomic E-state index is 0. The number of hydrogen-bond donors (Lipinski definition) is 0. The van der Waals surface area contributed by atoms with Gasteiger partial charge in [-0.2, -0.15) is 0 Å². The smallest absolute Gasteiger partial charge is 0.298 e. The number of carbonyl (C=O) groups excluding carboxylic acids is 1. The van der Waals surface area contributed by atoms with Crippen LogP contribution in [0.3, 0.4) is 0 Å². The van der Waals surface area contributed by atoms with Gasteiger partial charge in [0.2, 0.25) is 0 Å². The lowest BCUT2D eigenvalue weighted by atomic mass is 10.3. The monoisotopic (exact) mass is 432 g/mol. The van der Waals surface area contributed by atoms with Crippen LogP contribution in [0.15, 0.2) is 24.3 Å². The van der Waals surface area contributed by atoms with Crippen LogP contribution in [0, 0.1) is 107 Å². The first kappa shape index (κ1) is 23.4. The molecule has 0 aliphatic heterocycles. The standard InChI is InChI=1S/C27H10O4.17H2/c1-2-3-4-5-6-7-8-9-10-11-12-13-14-15-16-17-22-29-23-24-30-26-18-20-27(21-19-26)31-25-28;;;;;;;;;;;;;;;;;/h1,18-21,25H,23-24H2;17*1H. The van der Waals surface area contributed by atoms with Gasteiger partial charge in [0.15, 0.2) is 0 Å². The molecule has 0 saturated heterocycles. The summed E-state index contributed by atoms with van der Waals surface area (Å²) in [6.45, 7) is 0.906.